The molecule has 0 aromatic heterocycles. The Labute approximate surface area is 109 Å². The zero-order chi connectivity index (χ0) is 13.0. The van der Waals surface area contributed by atoms with Crippen LogP contribution in [-0.2, 0) is 16.6 Å². The van der Waals surface area contributed by atoms with E-state index in [4.69, 9.17) is 0 Å². The van der Waals surface area contributed by atoms with Crippen LogP contribution in [-0.4, -0.2) is 25.8 Å². The van der Waals surface area contributed by atoms with Crippen molar-refractivity contribution in [2.45, 2.75) is 32.6 Å². The highest BCUT2D eigenvalue weighted by Crippen LogP contribution is 2.17. The lowest BCUT2D eigenvalue weighted by molar-refractivity contribution is 0.349. The number of rotatable bonds is 4. The highest BCUT2D eigenvalue weighted by atomic mass is 32.2. The maximum Gasteiger partial charge on any atom is 0.301 e. The van der Waals surface area contributed by atoms with Crippen LogP contribution in [0.4, 0.5) is 5.69 Å². The molecule has 1 aliphatic heterocycles. The Hall–Kier alpha value is -1.07. The van der Waals surface area contributed by atoms with E-state index in [0.29, 0.717) is 18.8 Å². The summed E-state index contributed by atoms with van der Waals surface area (Å²) < 4.78 is 28.4. The lowest BCUT2D eigenvalue weighted by atomic mass is 10.2. The molecule has 1 aliphatic rings. The minimum atomic E-state index is -3.37. The number of nitrogens with zero attached hydrogens (tertiary/aromatic N) is 1. The summed E-state index contributed by atoms with van der Waals surface area (Å²) in [6.45, 7) is 3.33. The Morgan fingerprint density at radius 1 is 1.11 bits per heavy atom. The SMILES string of the molecule is CCc1ccc(NS(=O)(=O)N2CCCCC2)cc1. The van der Waals surface area contributed by atoms with Crippen molar-refractivity contribution in [2.24, 2.45) is 0 Å². The normalized spacial score (nSPS) is 17.6. The molecular formula is C13H20N2O2S. The van der Waals surface area contributed by atoms with Gasteiger partial charge in [0.25, 0.3) is 0 Å². The highest BCUT2D eigenvalue weighted by molar-refractivity contribution is 7.90. The summed E-state index contributed by atoms with van der Waals surface area (Å²) in [4.78, 5) is 0. The lowest BCUT2D eigenvalue weighted by Crippen LogP contribution is -2.39. The molecule has 100 valence electrons. The number of nitrogens with one attached hydrogen (secondary N) is 1. The first kappa shape index (κ1) is 13.4. The number of piperidine rings is 1. The summed E-state index contributed by atoms with van der Waals surface area (Å²) in [5.74, 6) is 0. The molecule has 1 fully saturated rings. The number of benzene rings is 1. The number of anilines is 1. The maximum absolute atomic E-state index is 12.1. The Morgan fingerprint density at radius 3 is 2.28 bits per heavy atom. The van der Waals surface area contributed by atoms with Crippen molar-refractivity contribution in [1.82, 2.24) is 4.31 Å². The van der Waals surface area contributed by atoms with Gasteiger partial charge in [0.05, 0.1) is 0 Å². The minimum Gasteiger partial charge on any atom is -0.271 e. The molecule has 0 atom stereocenters. The van der Waals surface area contributed by atoms with Crippen LogP contribution in [0.15, 0.2) is 24.3 Å². The van der Waals surface area contributed by atoms with Gasteiger partial charge in [0, 0.05) is 18.8 Å². The fourth-order valence-electron chi connectivity index (χ4n) is 2.13. The molecule has 1 aromatic carbocycles. The van der Waals surface area contributed by atoms with E-state index < -0.39 is 10.2 Å². The maximum atomic E-state index is 12.1. The molecule has 0 saturated carbocycles. The Bertz CT molecular complexity index is 476. The lowest BCUT2D eigenvalue weighted by Gasteiger charge is -2.26. The van der Waals surface area contributed by atoms with E-state index in [1.807, 2.05) is 24.3 Å². The van der Waals surface area contributed by atoms with Gasteiger partial charge >= 0.3 is 10.2 Å². The molecule has 0 spiro atoms. The van der Waals surface area contributed by atoms with Gasteiger partial charge in [-0.1, -0.05) is 25.5 Å². The molecule has 1 aromatic rings. The molecule has 0 radical (unpaired) electrons. The van der Waals surface area contributed by atoms with E-state index in [1.165, 1.54) is 9.87 Å². The fraction of sp³-hybridized carbons (Fsp3) is 0.538. The van der Waals surface area contributed by atoms with Gasteiger partial charge in [-0.15, -0.1) is 0 Å². The molecule has 1 N–H and O–H groups in total. The van der Waals surface area contributed by atoms with Crippen LogP contribution in [0.1, 0.15) is 31.7 Å². The number of aryl methyl sites for hydroxylation is 1. The zero-order valence-electron chi connectivity index (χ0n) is 10.7. The van der Waals surface area contributed by atoms with Crippen LogP contribution >= 0.6 is 0 Å². The van der Waals surface area contributed by atoms with E-state index in [-0.39, 0.29) is 0 Å². The number of hydrogen-bond acceptors (Lipinski definition) is 2. The Kier molecular flexibility index (Phi) is 4.24. The van der Waals surface area contributed by atoms with Crippen molar-refractivity contribution in [1.29, 1.82) is 0 Å². The highest BCUT2D eigenvalue weighted by Gasteiger charge is 2.23. The van der Waals surface area contributed by atoms with Gasteiger partial charge in [-0.3, -0.25) is 4.72 Å². The first-order valence-corrected chi connectivity index (χ1v) is 7.92. The third-order valence-corrected chi connectivity index (χ3v) is 4.80. The second kappa shape index (κ2) is 5.71. The van der Waals surface area contributed by atoms with Crippen molar-refractivity contribution >= 4 is 15.9 Å². The average molecular weight is 268 g/mol. The van der Waals surface area contributed by atoms with E-state index in [2.05, 4.69) is 11.6 Å². The molecule has 0 amide bonds. The van der Waals surface area contributed by atoms with Crippen molar-refractivity contribution in [2.75, 3.05) is 17.8 Å². The summed E-state index contributed by atoms with van der Waals surface area (Å²) in [6.07, 6.45) is 3.99. The first-order valence-electron chi connectivity index (χ1n) is 6.48. The van der Waals surface area contributed by atoms with Crippen LogP contribution in [0, 0.1) is 0 Å². The molecular weight excluding hydrogens is 248 g/mol. The largest absolute Gasteiger partial charge is 0.301 e. The molecule has 0 unspecified atom stereocenters. The smallest absolute Gasteiger partial charge is 0.271 e. The van der Waals surface area contributed by atoms with Crippen molar-refractivity contribution in [3.63, 3.8) is 0 Å². The van der Waals surface area contributed by atoms with E-state index in [1.54, 1.807) is 0 Å². The standard InChI is InChI=1S/C13H20N2O2S/c1-2-12-6-8-13(9-7-12)14-18(16,17)15-10-4-3-5-11-15/h6-9,14H,2-5,10-11H2,1H3. The van der Waals surface area contributed by atoms with Gasteiger partial charge in [-0.25, -0.2) is 0 Å². The first-order chi connectivity index (χ1) is 8.62. The summed E-state index contributed by atoms with van der Waals surface area (Å²) in [6, 6.07) is 7.54. The van der Waals surface area contributed by atoms with Crippen molar-refractivity contribution < 1.29 is 8.42 Å². The zero-order valence-corrected chi connectivity index (χ0v) is 11.5. The van der Waals surface area contributed by atoms with Gasteiger partial charge in [0.1, 0.15) is 0 Å². The molecule has 5 heteroatoms. The third-order valence-electron chi connectivity index (χ3n) is 3.26. The predicted molar refractivity (Wildman–Crippen MR) is 73.8 cm³/mol. The van der Waals surface area contributed by atoms with Crippen LogP contribution in [0.3, 0.4) is 0 Å². The molecule has 0 aliphatic carbocycles. The van der Waals surface area contributed by atoms with Crippen LogP contribution in [0.2, 0.25) is 0 Å². The summed E-state index contributed by atoms with van der Waals surface area (Å²) in [5, 5.41) is 0. The Morgan fingerprint density at radius 2 is 1.72 bits per heavy atom. The average Bonchev–Trinajstić information content (AvgIpc) is 2.40. The topological polar surface area (TPSA) is 49.4 Å². The quantitative estimate of drug-likeness (QED) is 0.911. The second-order valence-electron chi connectivity index (χ2n) is 4.62. The molecule has 0 bridgehead atoms. The molecule has 2 rings (SSSR count). The van der Waals surface area contributed by atoms with E-state index in [0.717, 1.165) is 25.7 Å². The van der Waals surface area contributed by atoms with E-state index >= 15 is 0 Å². The Balaban J connectivity index is 2.06. The number of hydrogen-bond donors (Lipinski definition) is 1. The van der Waals surface area contributed by atoms with Crippen LogP contribution in [0.5, 0.6) is 0 Å². The monoisotopic (exact) mass is 268 g/mol. The van der Waals surface area contributed by atoms with Gasteiger partial charge < -0.3 is 0 Å². The second-order valence-corrected chi connectivity index (χ2v) is 6.29. The van der Waals surface area contributed by atoms with Gasteiger partial charge in [-0.05, 0) is 37.0 Å². The van der Waals surface area contributed by atoms with Crippen LogP contribution in [0.25, 0.3) is 0 Å². The van der Waals surface area contributed by atoms with Crippen molar-refractivity contribution in [3.05, 3.63) is 29.8 Å². The molecule has 18 heavy (non-hydrogen) atoms. The summed E-state index contributed by atoms with van der Waals surface area (Å²) in [5.41, 5.74) is 1.84. The van der Waals surface area contributed by atoms with E-state index in [9.17, 15) is 8.42 Å². The van der Waals surface area contributed by atoms with Gasteiger partial charge in [0.15, 0.2) is 0 Å². The molecule has 1 heterocycles. The van der Waals surface area contributed by atoms with Gasteiger partial charge in [0.2, 0.25) is 0 Å². The van der Waals surface area contributed by atoms with Crippen molar-refractivity contribution in [3.8, 4) is 0 Å². The van der Waals surface area contributed by atoms with Gasteiger partial charge in [-0.2, -0.15) is 12.7 Å². The summed E-state index contributed by atoms with van der Waals surface area (Å²) >= 11 is 0. The third kappa shape index (κ3) is 3.23. The molecule has 1 saturated heterocycles. The fourth-order valence-corrected chi connectivity index (χ4v) is 3.43. The molecule has 4 nitrogen and oxygen atoms in total. The predicted octanol–water partition coefficient (Wildman–Crippen LogP) is 2.39. The van der Waals surface area contributed by atoms with Crippen LogP contribution < -0.4 is 4.72 Å². The summed E-state index contributed by atoms with van der Waals surface area (Å²) in [7, 11) is -3.37. The minimum absolute atomic E-state index is 0.627.